The number of carbonyl (C=O) groups is 1. The topological polar surface area (TPSA) is 81.2 Å². The monoisotopic (exact) mass is 514 g/mol. The highest BCUT2D eigenvalue weighted by molar-refractivity contribution is 6.31. The summed E-state index contributed by atoms with van der Waals surface area (Å²) in [5.41, 5.74) is 5.72. The molecule has 7 heteroatoms. The number of fused-ring (bicyclic) bond motifs is 1. The number of anilines is 1. The van der Waals surface area contributed by atoms with Gasteiger partial charge in [0.05, 0.1) is 23.4 Å². The number of amides is 1. The number of halogens is 1. The summed E-state index contributed by atoms with van der Waals surface area (Å²) < 4.78 is 0. The summed E-state index contributed by atoms with van der Waals surface area (Å²) in [6.07, 6.45) is 1.73. The molecule has 37 heavy (non-hydrogen) atoms. The van der Waals surface area contributed by atoms with Crippen LogP contribution in [0.3, 0.4) is 0 Å². The van der Waals surface area contributed by atoms with Gasteiger partial charge in [0.15, 0.2) is 0 Å². The van der Waals surface area contributed by atoms with Crippen molar-refractivity contribution < 1.29 is 9.90 Å². The Morgan fingerprint density at radius 2 is 1.84 bits per heavy atom. The Balaban J connectivity index is 1.22. The largest absolute Gasteiger partial charge is 0.393 e. The van der Waals surface area contributed by atoms with Crippen molar-refractivity contribution in [1.29, 1.82) is 0 Å². The molecule has 190 valence electrons. The molecule has 1 atom stereocenters. The van der Waals surface area contributed by atoms with Crippen LogP contribution in [0.2, 0.25) is 5.02 Å². The number of aromatic amines is 1. The van der Waals surface area contributed by atoms with Gasteiger partial charge < -0.3 is 15.3 Å². The number of aliphatic hydroxyl groups is 1. The highest BCUT2D eigenvalue weighted by Gasteiger charge is 2.51. The predicted octanol–water partition coefficient (Wildman–Crippen LogP) is 5.97. The summed E-state index contributed by atoms with van der Waals surface area (Å²) in [6.45, 7) is 6.17. The molecule has 1 spiro atoms. The minimum Gasteiger partial charge on any atom is -0.393 e. The van der Waals surface area contributed by atoms with Crippen molar-refractivity contribution in [1.82, 2.24) is 15.5 Å². The number of H-pyrrole nitrogens is 1. The van der Waals surface area contributed by atoms with Crippen LogP contribution in [0.25, 0.3) is 22.2 Å². The number of hydrogen-bond donors (Lipinski definition) is 3. The Hall–Kier alpha value is -3.35. The first-order valence-electron chi connectivity index (χ1n) is 12.9. The fourth-order valence-electron chi connectivity index (χ4n) is 5.90. The SMILES string of the molecule is CC(C)C(NC(=O)c1ccc2[nH]nc(-c3ccc(N4CC5(CC(O)C5)C4)cc3)c2c1)c1ccccc1Cl. The van der Waals surface area contributed by atoms with Crippen LogP contribution in [0.15, 0.2) is 66.7 Å². The van der Waals surface area contributed by atoms with E-state index in [-0.39, 0.29) is 24.0 Å². The number of hydrogen-bond acceptors (Lipinski definition) is 4. The van der Waals surface area contributed by atoms with Gasteiger partial charge in [-0.2, -0.15) is 5.10 Å². The van der Waals surface area contributed by atoms with Gasteiger partial charge in [-0.1, -0.05) is 55.8 Å². The van der Waals surface area contributed by atoms with Crippen molar-refractivity contribution >= 4 is 34.1 Å². The zero-order chi connectivity index (χ0) is 25.7. The first-order valence-corrected chi connectivity index (χ1v) is 13.3. The Kier molecular flexibility index (Phi) is 5.97. The van der Waals surface area contributed by atoms with Crippen LogP contribution in [-0.4, -0.2) is 40.4 Å². The van der Waals surface area contributed by atoms with Crippen LogP contribution in [-0.2, 0) is 0 Å². The molecule has 1 amide bonds. The second kappa shape index (κ2) is 9.19. The maximum atomic E-state index is 13.3. The van der Waals surface area contributed by atoms with E-state index in [0.717, 1.165) is 53.7 Å². The standard InChI is InChI=1S/C30H31ClN4O2/c1-18(2)27(23-5-3-4-6-25(23)31)32-29(37)20-9-12-26-24(13-20)28(34-33-26)19-7-10-21(11-8-19)35-16-30(17-35)14-22(36)15-30/h3-13,18,22,27,36H,14-17H2,1-2H3,(H,32,37)(H,33,34). The molecule has 6 nitrogen and oxygen atoms in total. The summed E-state index contributed by atoms with van der Waals surface area (Å²) in [4.78, 5) is 15.7. The minimum atomic E-state index is -0.197. The molecule has 1 aliphatic carbocycles. The quantitative estimate of drug-likeness (QED) is 0.296. The third kappa shape index (κ3) is 4.38. The number of aliphatic hydroxyl groups excluding tert-OH is 1. The lowest BCUT2D eigenvalue weighted by Crippen LogP contribution is -2.63. The van der Waals surface area contributed by atoms with E-state index < -0.39 is 0 Å². The zero-order valence-corrected chi connectivity index (χ0v) is 21.8. The van der Waals surface area contributed by atoms with Gasteiger partial charge in [-0.15, -0.1) is 0 Å². The van der Waals surface area contributed by atoms with E-state index in [2.05, 4.69) is 58.5 Å². The first kappa shape index (κ1) is 24.0. The number of carbonyl (C=O) groups excluding carboxylic acids is 1. The number of aromatic nitrogens is 2. The Morgan fingerprint density at radius 1 is 1.11 bits per heavy atom. The lowest BCUT2D eigenvalue weighted by molar-refractivity contribution is -0.0491. The fraction of sp³-hybridized carbons (Fsp3) is 0.333. The minimum absolute atomic E-state index is 0.114. The van der Waals surface area contributed by atoms with Crippen molar-refractivity contribution in [2.24, 2.45) is 11.3 Å². The van der Waals surface area contributed by atoms with E-state index in [0.29, 0.717) is 16.0 Å². The molecule has 1 aliphatic heterocycles. The lowest BCUT2D eigenvalue weighted by atomic mass is 9.62. The molecule has 2 fully saturated rings. The fourth-order valence-corrected chi connectivity index (χ4v) is 6.16. The van der Waals surface area contributed by atoms with Crippen molar-refractivity contribution in [2.75, 3.05) is 18.0 Å². The number of rotatable bonds is 6. The van der Waals surface area contributed by atoms with E-state index >= 15 is 0 Å². The van der Waals surface area contributed by atoms with E-state index in [1.54, 1.807) is 0 Å². The molecular weight excluding hydrogens is 484 g/mol. The van der Waals surface area contributed by atoms with Crippen LogP contribution in [0.4, 0.5) is 5.69 Å². The van der Waals surface area contributed by atoms with Crippen molar-refractivity contribution in [3.8, 4) is 11.3 Å². The molecule has 1 saturated heterocycles. The van der Waals surface area contributed by atoms with E-state index in [9.17, 15) is 9.90 Å². The van der Waals surface area contributed by atoms with Crippen LogP contribution in [0.1, 0.15) is 48.7 Å². The molecule has 1 saturated carbocycles. The zero-order valence-electron chi connectivity index (χ0n) is 21.0. The third-order valence-corrected chi connectivity index (χ3v) is 8.26. The Morgan fingerprint density at radius 3 is 2.51 bits per heavy atom. The van der Waals surface area contributed by atoms with Gasteiger partial charge in [-0.3, -0.25) is 9.89 Å². The normalized spacial score (nSPS) is 17.6. The van der Waals surface area contributed by atoms with Crippen LogP contribution in [0, 0.1) is 11.3 Å². The molecule has 1 aromatic heterocycles. The van der Waals surface area contributed by atoms with Gasteiger partial charge in [0.2, 0.25) is 0 Å². The van der Waals surface area contributed by atoms with E-state index in [4.69, 9.17) is 11.6 Å². The Bertz CT molecular complexity index is 1450. The van der Waals surface area contributed by atoms with Gasteiger partial charge in [-0.05, 0) is 60.7 Å². The highest BCUT2D eigenvalue weighted by atomic mass is 35.5. The molecule has 6 rings (SSSR count). The number of nitrogens with one attached hydrogen (secondary N) is 2. The van der Waals surface area contributed by atoms with Gasteiger partial charge >= 0.3 is 0 Å². The number of nitrogens with zero attached hydrogens (tertiary/aromatic N) is 2. The molecule has 2 aliphatic rings. The van der Waals surface area contributed by atoms with Crippen molar-refractivity contribution in [3.05, 3.63) is 82.9 Å². The van der Waals surface area contributed by atoms with Crippen LogP contribution >= 0.6 is 11.6 Å². The average Bonchev–Trinajstić information content (AvgIpc) is 3.27. The van der Waals surface area contributed by atoms with Gasteiger partial charge in [-0.25, -0.2) is 0 Å². The van der Waals surface area contributed by atoms with E-state index in [1.807, 2.05) is 42.5 Å². The van der Waals surface area contributed by atoms with Gasteiger partial charge in [0, 0.05) is 45.7 Å². The first-order chi connectivity index (χ1) is 17.8. The highest BCUT2D eigenvalue weighted by Crippen LogP contribution is 2.49. The van der Waals surface area contributed by atoms with Crippen LogP contribution in [0.5, 0.6) is 0 Å². The summed E-state index contributed by atoms with van der Waals surface area (Å²) in [5, 5.41) is 22.1. The van der Waals surface area contributed by atoms with Crippen LogP contribution < -0.4 is 10.2 Å². The second-order valence-electron chi connectivity index (χ2n) is 11.0. The molecule has 3 N–H and O–H groups in total. The molecule has 3 aromatic carbocycles. The number of benzene rings is 3. The smallest absolute Gasteiger partial charge is 0.251 e. The molecule has 2 heterocycles. The summed E-state index contributed by atoms with van der Waals surface area (Å²) >= 11 is 6.44. The van der Waals surface area contributed by atoms with Gasteiger partial charge in [0.25, 0.3) is 5.91 Å². The predicted molar refractivity (Wildman–Crippen MR) is 148 cm³/mol. The maximum absolute atomic E-state index is 13.3. The Labute approximate surface area is 221 Å². The summed E-state index contributed by atoms with van der Waals surface area (Å²) in [5.74, 6) is 0.0297. The third-order valence-electron chi connectivity index (χ3n) is 7.91. The summed E-state index contributed by atoms with van der Waals surface area (Å²) in [7, 11) is 0. The molecule has 1 unspecified atom stereocenters. The molecular formula is C30H31ClN4O2. The summed E-state index contributed by atoms with van der Waals surface area (Å²) in [6, 6.07) is 21.5. The van der Waals surface area contributed by atoms with Crippen molar-refractivity contribution in [3.63, 3.8) is 0 Å². The molecule has 0 bridgehead atoms. The van der Waals surface area contributed by atoms with E-state index in [1.165, 1.54) is 5.69 Å². The molecule has 0 radical (unpaired) electrons. The maximum Gasteiger partial charge on any atom is 0.251 e. The second-order valence-corrected chi connectivity index (χ2v) is 11.4. The van der Waals surface area contributed by atoms with Crippen molar-refractivity contribution in [2.45, 2.75) is 38.8 Å². The molecule has 4 aromatic rings. The van der Waals surface area contributed by atoms with Gasteiger partial charge in [0.1, 0.15) is 0 Å². The lowest BCUT2D eigenvalue weighted by Gasteiger charge is -2.58. The average molecular weight is 515 g/mol.